The van der Waals surface area contributed by atoms with E-state index in [2.05, 4.69) is 5.32 Å². The molecule has 1 rings (SSSR count). The molecule has 0 fully saturated rings. The molecule has 0 radical (unpaired) electrons. The van der Waals surface area contributed by atoms with Gasteiger partial charge in [-0.1, -0.05) is 13.8 Å². The van der Waals surface area contributed by atoms with Gasteiger partial charge in [0, 0.05) is 12.1 Å². The van der Waals surface area contributed by atoms with Gasteiger partial charge in [-0.3, -0.25) is 9.59 Å². The largest absolute Gasteiger partial charge is 0.493 e. The van der Waals surface area contributed by atoms with Crippen molar-refractivity contribution < 1.29 is 23.8 Å². The molecule has 8 nitrogen and oxygen atoms in total. The zero-order chi connectivity index (χ0) is 19.2. The minimum atomic E-state index is -0.637. The molecule has 0 saturated carbocycles. The van der Waals surface area contributed by atoms with Crippen LogP contribution in [0, 0.1) is 5.92 Å². The summed E-state index contributed by atoms with van der Waals surface area (Å²) in [4.78, 5) is 23.6. The van der Waals surface area contributed by atoms with E-state index in [1.54, 1.807) is 0 Å². The summed E-state index contributed by atoms with van der Waals surface area (Å²) < 4.78 is 15.8. The van der Waals surface area contributed by atoms with Gasteiger partial charge in [-0.2, -0.15) is 0 Å². The maximum Gasteiger partial charge on any atom is 0.255 e. The van der Waals surface area contributed by atoms with Crippen LogP contribution in [0.25, 0.3) is 0 Å². The molecule has 1 unspecified atom stereocenters. The van der Waals surface area contributed by atoms with Crippen molar-refractivity contribution in [1.29, 1.82) is 0 Å². The average molecular weight is 353 g/mol. The fourth-order valence-electron chi connectivity index (χ4n) is 2.06. The molecule has 1 atom stereocenters. The second-order valence-corrected chi connectivity index (χ2v) is 6.20. The number of methoxy groups -OCH3 is 2. The number of carbonyl (C=O) groups is 2. The van der Waals surface area contributed by atoms with Gasteiger partial charge in [-0.25, -0.2) is 0 Å². The van der Waals surface area contributed by atoms with E-state index in [1.807, 2.05) is 20.8 Å². The third kappa shape index (κ3) is 4.99. The highest BCUT2D eigenvalue weighted by Gasteiger charge is 2.29. The molecule has 5 N–H and O–H groups in total. The third-order valence-corrected chi connectivity index (χ3v) is 4.18. The van der Waals surface area contributed by atoms with E-state index in [4.69, 9.17) is 25.7 Å². The summed E-state index contributed by atoms with van der Waals surface area (Å²) in [6.07, 6.45) is 0. The molecular formula is C17H27N3O5. The van der Waals surface area contributed by atoms with Crippen molar-refractivity contribution >= 4 is 11.8 Å². The lowest BCUT2D eigenvalue weighted by atomic mass is 9.88. The molecule has 8 heteroatoms. The number of primary amides is 1. The Kier molecular flexibility index (Phi) is 7.05. The molecule has 0 aliphatic rings. The van der Waals surface area contributed by atoms with Gasteiger partial charge in [0.05, 0.1) is 19.8 Å². The topological polar surface area (TPSA) is 126 Å². The highest BCUT2D eigenvalue weighted by atomic mass is 16.5. The molecule has 1 aromatic rings. The lowest BCUT2D eigenvalue weighted by Gasteiger charge is -2.33. The number of ether oxygens (including phenoxy) is 3. The predicted octanol–water partition coefficient (Wildman–Crippen LogP) is 0.671. The number of hydrogen-bond acceptors (Lipinski definition) is 6. The first-order valence-electron chi connectivity index (χ1n) is 7.88. The Morgan fingerprint density at radius 3 is 2.08 bits per heavy atom. The molecule has 0 bridgehead atoms. The molecule has 0 aliphatic heterocycles. The molecule has 2 amide bonds. The van der Waals surface area contributed by atoms with Crippen molar-refractivity contribution in [2.24, 2.45) is 17.4 Å². The van der Waals surface area contributed by atoms with E-state index >= 15 is 0 Å². The van der Waals surface area contributed by atoms with E-state index in [0.29, 0.717) is 12.1 Å². The standard InChI is InChI=1S/C17H27N3O5/c1-10(2)17(3,9-18)20-16(22)11-6-12(23-4)15(13(7-11)24-5)25-8-14(19)21/h6-7,10H,8-9,18H2,1-5H3,(H2,19,21)(H,20,22). The normalized spacial score (nSPS) is 13.1. The number of carbonyl (C=O) groups excluding carboxylic acids is 2. The minimum Gasteiger partial charge on any atom is -0.493 e. The fraction of sp³-hybridized carbons (Fsp3) is 0.529. The second-order valence-electron chi connectivity index (χ2n) is 6.20. The Morgan fingerprint density at radius 2 is 1.72 bits per heavy atom. The van der Waals surface area contributed by atoms with E-state index in [1.165, 1.54) is 26.4 Å². The van der Waals surface area contributed by atoms with Crippen molar-refractivity contribution in [1.82, 2.24) is 5.32 Å². The van der Waals surface area contributed by atoms with Crippen molar-refractivity contribution in [2.75, 3.05) is 27.4 Å². The van der Waals surface area contributed by atoms with Gasteiger partial charge in [0.2, 0.25) is 5.75 Å². The lowest BCUT2D eigenvalue weighted by molar-refractivity contribution is -0.120. The van der Waals surface area contributed by atoms with Crippen LogP contribution in [-0.2, 0) is 4.79 Å². The molecule has 140 valence electrons. The Bertz CT molecular complexity index is 608. The maximum atomic E-state index is 12.6. The monoisotopic (exact) mass is 353 g/mol. The summed E-state index contributed by atoms with van der Waals surface area (Å²) in [5.74, 6) is -0.106. The highest BCUT2D eigenvalue weighted by molar-refractivity contribution is 5.96. The van der Waals surface area contributed by atoms with Crippen molar-refractivity contribution in [3.8, 4) is 17.2 Å². The zero-order valence-corrected chi connectivity index (χ0v) is 15.3. The number of hydrogen-bond donors (Lipinski definition) is 3. The van der Waals surface area contributed by atoms with E-state index in [0.717, 1.165) is 0 Å². The van der Waals surface area contributed by atoms with Gasteiger partial charge in [0.15, 0.2) is 18.1 Å². The molecule has 0 aromatic heterocycles. The number of nitrogens with one attached hydrogen (secondary N) is 1. The van der Waals surface area contributed by atoms with Crippen LogP contribution < -0.4 is 31.0 Å². The average Bonchev–Trinajstić information content (AvgIpc) is 2.58. The predicted molar refractivity (Wildman–Crippen MR) is 94.0 cm³/mol. The second kappa shape index (κ2) is 8.57. The van der Waals surface area contributed by atoms with Crippen LogP contribution >= 0.6 is 0 Å². The highest BCUT2D eigenvalue weighted by Crippen LogP contribution is 2.38. The SMILES string of the molecule is COc1cc(C(=O)NC(C)(CN)C(C)C)cc(OC)c1OCC(N)=O. The Balaban J connectivity index is 3.20. The molecule has 0 saturated heterocycles. The summed E-state index contributed by atoms with van der Waals surface area (Å²) >= 11 is 0. The Labute approximate surface area is 147 Å². The molecule has 0 heterocycles. The molecule has 25 heavy (non-hydrogen) atoms. The lowest BCUT2D eigenvalue weighted by Crippen LogP contribution is -2.55. The Hall–Kier alpha value is -2.48. The zero-order valence-electron chi connectivity index (χ0n) is 15.3. The van der Waals surface area contributed by atoms with Crippen LogP contribution in [0.1, 0.15) is 31.1 Å². The minimum absolute atomic E-state index is 0.142. The van der Waals surface area contributed by atoms with Crippen LogP contribution in [0.15, 0.2) is 12.1 Å². The Morgan fingerprint density at radius 1 is 1.20 bits per heavy atom. The first kappa shape index (κ1) is 20.6. The number of rotatable bonds is 9. The van der Waals surface area contributed by atoms with Crippen LogP contribution in [0.3, 0.4) is 0 Å². The van der Waals surface area contributed by atoms with Gasteiger partial charge < -0.3 is 31.0 Å². The summed E-state index contributed by atoms with van der Waals surface area (Å²) in [6, 6.07) is 3.01. The van der Waals surface area contributed by atoms with Crippen molar-refractivity contribution in [3.63, 3.8) is 0 Å². The molecule has 1 aromatic carbocycles. The van der Waals surface area contributed by atoms with Crippen molar-refractivity contribution in [3.05, 3.63) is 17.7 Å². The van der Waals surface area contributed by atoms with E-state index in [9.17, 15) is 9.59 Å². The smallest absolute Gasteiger partial charge is 0.255 e. The van der Waals surface area contributed by atoms with Crippen LogP contribution in [0.2, 0.25) is 0 Å². The molecular weight excluding hydrogens is 326 g/mol. The fourth-order valence-corrected chi connectivity index (χ4v) is 2.06. The van der Waals surface area contributed by atoms with Gasteiger partial charge in [0.25, 0.3) is 11.8 Å². The summed E-state index contributed by atoms with van der Waals surface area (Å²) in [5.41, 5.74) is 10.7. The summed E-state index contributed by atoms with van der Waals surface area (Å²) in [7, 11) is 2.84. The third-order valence-electron chi connectivity index (χ3n) is 4.18. The number of nitrogens with two attached hydrogens (primary N) is 2. The first-order chi connectivity index (χ1) is 11.7. The van der Waals surface area contributed by atoms with E-state index in [-0.39, 0.29) is 35.7 Å². The van der Waals surface area contributed by atoms with E-state index < -0.39 is 11.4 Å². The number of amides is 2. The van der Waals surface area contributed by atoms with Crippen molar-refractivity contribution in [2.45, 2.75) is 26.3 Å². The van der Waals surface area contributed by atoms with Crippen LogP contribution in [0.5, 0.6) is 17.2 Å². The molecule has 0 aliphatic carbocycles. The summed E-state index contributed by atoms with van der Waals surface area (Å²) in [5, 5.41) is 2.94. The summed E-state index contributed by atoms with van der Waals surface area (Å²) in [6.45, 7) is 5.81. The van der Waals surface area contributed by atoms with Crippen LogP contribution in [0.4, 0.5) is 0 Å². The van der Waals surface area contributed by atoms with Crippen LogP contribution in [-0.4, -0.2) is 44.7 Å². The first-order valence-corrected chi connectivity index (χ1v) is 7.88. The van der Waals surface area contributed by atoms with Gasteiger partial charge in [-0.05, 0) is 25.0 Å². The quantitative estimate of drug-likeness (QED) is 0.599. The van der Waals surface area contributed by atoms with Gasteiger partial charge in [-0.15, -0.1) is 0 Å². The van der Waals surface area contributed by atoms with Gasteiger partial charge in [0.1, 0.15) is 0 Å². The number of benzene rings is 1. The van der Waals surface area contributed by atoms with Gasteiger partial charge >= 0.3 is 0 Å². The molecule has 0 spiro atoms. The maximum absolute atomic E-state index is 12.6.